The summed E-state index contributed by atoms with van der Waals surface area (Å²) >= 11 is 6.56. The smallest absolute Gasteiger partial charge is 0.416 e. The number of halogens is 1. The zero-order chi connectivity index (χ0) is 32.1. The number of aliphatic imine (C=N–C) groups is 1. The quantitative estimate of drug-likeness (QED) is 0.338. The fourth-order valence-corrected chi connectivity index (χ4v) is 6.32. The van der Waals surface area contributed by atoms with Gasteiger partial charge in [-0.1, -0.05) is 23.7 Å². The second-order valence-corrected chi connectivity index (χ2v) is 13.8. The van der Waals surface area contributed by atoms with Gasteiger partial charge in [-0.15, -0.1) is 0 Å². The molecule has 0 fully saturated rings. The number of carbonyl (C=O) groups excluding carboxylic acids is 2. The largest absolute Gasteiger partial charge is 0.497 e. The molecule has 0 bridgehead atoms. The Morgan fingerprint density at radius 1 is 1.09 bits per heavy atom. The molecule has 43 heavy (non-hydrogen) atoms. The first-order chi connectivity index (χ1) is 20.0. The van der Waals surface area contributed by atoms with Crippen LogP contribution in [0.1, 0.15) is 43.0 Å². The van der Waals surface area contributed by atoms with Crippen molar-refractivity contribution < 1.29 is 32.2 Å². The number of methoxy groups -OCH3 is 1. The molecule has 0 aliphatic carbocycles. The summed E-state index contributed by atoms with van der Waals surface area (Å²) in [6.07, 6.45) is -0.468. The molecule has 0 saturated carbocycles. The molecular formula is C30H41ClN4O7S. The van der Waals surface area contributed by atoms with Crippen LogP contribution in [0.3, 0.4) is 0 Å². The standard InChI is InChI=1S/C30H41ClN4O7S/c1-20-15-24(40-8)16-21(2)27(20)43(38,39)34(7)13-14-41-19-26(36)33(6)18-23-10-9-22(17-25(23)31)28-32-11-12-35(28)29(37)42-30(3,4)5/h9-10,15-17H,11-14,18-19H2,1-8H3. The number of likely N-dealkylation sites (N-methyl/N-ethyl adjacent to an activating group) is 2. The number of hydrogen-bond donors (Lipinski definition) is 0. The second-order valence-electron chi connectivity index (χ2n) is 11.4. The molecule has 1 aliphatic rings. The minimum Gasteiger partial charge on any atom is -0.497 e. The maximum absolute atomic E-state index is 13.2. The van der Waals surface area contributed by atoms with Crippen molar-refractivity contribution in [2.45, 2.75) is 51.7 Å². The fraction of sp³-hybridized carbons (Fsp3) is 0.500. The lowest BCUT2D eigenvalue weighted by Crippen LogP contribution is -2.39. The summed E-state index contributed by atoms with van der Waals surface area (Å²) in [5.41, 5.74) is 1.93. The number of ether oxygens (including phenoxy) is 3. The Labute approximate surface area is 259 Å². The van der Waals surface area contributed by atoms with Gasteiger partial charge in [-0.05, 0) is 69.5 Å². The van der Waals surface area contributed by atoms with Crippen LogP contribution in [-0.2, 0) is 30.8 Å². The molecule has 0 atom stereocenters. The lowest BCUT2D eigenvalue weighted by Gasteiger charge is -2.25. The van der Waals surface area contributed by atoms with E-state index in [-0.39, 0.29) is 37.1 Å². The van der Waals surface area contributed by atoms with Crippen molar-refractivity contribution in [1.29, 1.82) is 0 Å². The van der Waals surface area contributed by atoms with Gasteiger partial charge in [-0.2, -0.15) is 4.31 Å². The summed E-state index contributed by atoms with van der Waals surface area (Å²) < 4.78 is 43.8. The van der Waals surface area contributed by atoms with Crippen molar-refractivity contribution in [2.75, 3.05) is 54.1 Å². The maximum Gasteiger partial charge on any atom is 0.416 e. The Morgan fingerprint density at radius 3 is 2.33 bits per heavy atom. The van der Waals surface area contributed by atoms with Crippen LogP contribution < -0.4 is 4.74 Å². The Bertz CT molecular complexity index is 1460. The first-order valence-electron chi connectivity index (χ1n) is 13.8. The Hall–Kier alpha value is -3.19. The number of sulfonamides is 1. The SMILES string of the molecule is COc1cc(C)c(S(=O)(=O)N(C)CCOCC(=O)N(C)Cc2ccc(C3=NCCN3C(=O)OC(C)(C)C)cc2Cl)c(C)c1. The van der Waals surface area contributed by atoms with Gasteiger partial charge in [0, 0.05) is 37.8 Å². The number of hydrogen-bond acceptors (Lipinski definition) is 8. The number of aryl methyl sites for hydroxylation is 2. The molecule has 2 aromatic rings. The molecule has 2 amide bonds. The summed E-state index contributed by atoms with van der Waals surface area (Å²) in [7, 11) is 0.878. The molecule has 1 aliphatic heterocycles. The number of amides is 2. The molecular weight excluding hydrogens is 596 g/mol. The molecule has 236 valence electrons. The third-order valence-corrected chi connectivity index (χ3v) is 9.23. The van der Waals surface area contributed by atoms with E-state index in [1.54, 1.807) is 72.0 Å². The summed E-state index contributed by atoms with van der Waals surface area (Å²) in [6, 6.07) is 8.68. The van der Waals surface area contributed by atoms with E-state index in [1.165, 1.54) is 28.3 Å². The van der Waals surface area contributed by atoms with Crippen LogP contribution in [0.4, 0.5) is 4.79 Å². The lowest BCUT2D eigenvalue weighted by atomic mass is 10.1. The van der Waals surface area contributed by atoms with E-state index in [9.17, 15) is 18.0 Å². The van der Waals surface area contributed by atoms with E-state index < -0.39 is 21.7 Å². The van der Waals surface area contributed by atoms with E-state index in [0.29, 0.717) is 52.0 Å². The maximum atomic E-state index is 13.2. The zero-order valence-electron chi connectivity index (χ0n) is 26.1. The van der Waals surface area contributed by atoms with Crippen LogP contribution in [0.2, 0.25) is 5.02 Å². The molecule has 3 rings (SSSR count). The van der Waals surface area contributed by atoms with Crippen molar-refractivity contribution in [2.24, 2.45) is 4.99 Å². The van der Waals surface area contributed by atoms with Crippen molar-refractivity contribution >= 4 is 39.5 Å². The van der Waals surface area contributed by atoms with Gasteiger partial charge in [0.05, 0.1) is 31.7 Å². The van der Waals surface area contributed by atoms with Gasteiger partial charge in [-0.25, -0.2) is 13.2 Å². The topological polar surface area (TPSA) is 118 Å². The van der Waals surface area contributed by atoms with E-state index in [4.69, 9.17) is 25.8 Å². The average Bonchev–Trinajstić information content (AvgIpc) is 3.40. The minimum atomic E-state index is -3.76. The van der Waals surface area contributed by atoms with E-state index >= 15 is 0 Å². The Morgan fingerprint density at radius 2 is 1.74 bits per heavy atom. The van der Waals surface area contributed by atoms with Gasteiger partial charge < -0.3 is 19.1 Å². The van der Waals surface area contributed by atoms with Gasteiger partial charge in [0.25, 0.3) is 0 Å². The van der Waals surface area contributed by atoms with Crippen LogP contribution >= 0.6 is 11.6 Å². The summed E-state index contributed by atoms with van der Waals surface area (Å²) in [5, 5.41) is 0.424. The lowest BCUT2D eigenvalue weighted by molar-refractivity contribution is -0.135. The van der Waals surface area contributed by atoms with Gasteiger partial charge in [-0.3, -0.25) is 14.7 Å². The number of benzene rings is 2. The molecule has 1 heterocycles. The van der Waals surface area contributed by atoms with Gasteiger partial charge in [0.2, 0.25) is 15.9 Å². The van der Waals surface area contributed by atoms with Gasteiger partial charge in [0.15, 0.2) is 0 Å². The predicted molar refractivity (Wildman–Crippen MR) is 165 cm³/mol. The molecule has 2 aromatic carbocycles. The molecule has 0 unspecified atom stereocenters. The second kappa shape index (κ2) is 14.1. The van der Waals surface area contributed by atoms with Gasteiger partial charge in [0.1, 0.15) is 23.8 Å². The van der Waals surface area contributed by atoms with E-state index in [1.807, 2.05) is 0 Å². The molecule has 11 nitrogen and oxygen atoms in total. The van der Waals surface area contributed by atoms with Crippen LogP contribution in [-0.4, -0.2) is 100 Å². The van der Waals surface area contributed by atoms with Gasteiger partial charge >= 0.3 is 6.09 Å². The highest BCUT2D eigenvalue weighted by Crippen LogP contribution is 2.28. The average molecular weight is 637 g/mol. The van der Waals surface area contributed by atoms with Crippen LogP contribution in [0.5, 0.6) is 5.75 Å². The summed E-state index contributed by atoms with van der Waals surface area (Å²) in [5.74, 6) is 0.793. The number of carbonyl (C=O) groups is 2. The van der Waals surface area contributed by atoms with Crippen molar-refractivity contribution in [1.82, 2.24) is 14.1 Å². The summed E-state index contributed by atoms with van der Waals surface area (Å²) in [6.45, 7) is 9.87. The molecule has 0 aromatic heterocycles. The van der Waals surface area contributed by atoms with Crippen LogP contribution in [0, 0.1) is 13.8 Å². The van der Waals surface area contributed by atoms with E-state index in [0.717, 1.165) is 0 Å². The molecule has 0 N–H and O–H groups in total. The summed E-state index contributed by atoms with van der Waals surface area (Å²) in [4.78, 5) is 33.0. The first kappa shape index (κ1) is 34.3. The number of amidine groups is 1. The third-order valence-electron chi connectivity index (χ3n) is 6.71. The zero-order valence-corrected chi connectivity index (χ0v) is 27.6. The third kappa shape index (κ3) is 8.69. The highest BCUT2D eigenvalue weighted by atomic mass is 35.5. The monoisotopic (exact) mass is 636 g/mol. The van der Waals surface area contributed by atoms with Crippen molar-refractivity contribution in [3.63, 3.8) is 0 Å². The molecule has 0 spiro atoms. The van der Waals surface area contributed by atoms with Crippen LogP contribution in [0.25, 0.3) is 0 Å². The molecule has 13 heteroatoms. The highest BCUT2D eigenvalue weighted by Gasteiger charge is 2.30. The van der Waals surface area contributed by atoms with E-state index in [2.05, 4.69) is 4.99 Å². The molecule has 0 radical (unpaired) electrons. The number of rotatable bonds is 11. The van der Waals surface area contributed by atoms with Crippen LogP contribution in [0.15, 0.2) is 40.2 Å². The predicted octanol–water partition coefficient (Wildman–Crippen LogP) is 4.26. The highest BCUT2D eigenvalue weighted by molar-refractivity contribution is 7.89. The first-order valence-corrected chi connectivity index (χ1v) is 15.6. The fourth-order valence-electron chi connectivity index (χ4n) is 4.52. The Kier molecular flexibility index (Phi) is 11.2. The Balaban J connectivity index is 1.53. The molecule has 0 saturated heterocycles. The normalized spacial score (nSPS) is 13.7. The van der Waals surface area contributed by atoms with Crippen molar-refractivity contribution in [3.8, 4) is 5.75 Å². The van der Waals surface area contributed by atoms with Crippen molar-refractivity contribution in [3.05, 3.63) is 57.6 Å². The number of nitrogens with zero attached hydrogens (tertiary/aromatic N) is 4. The minimum absolute atomic E-state index is 0.0370.